The molecule has 1 aliphatic heterocycles. The summed E-state index contributed by atoms with van der Waals surface area (Å²) in [7, 11) is 0. The molecule has 1 fully saturated rings. The molecule has 0 aromatic heterocycles. The van der Waals surface area contributed by atoms with Crippen molar-refractivity contribution in [2.75, 3.05) is 13.2 Å². The molecule has 0 amide bonds. The zero-order valence-corrected chi connectivity index (χ0v) is 7.85. The van der Waals surface area contributed by atoms with E-state index in [2.05, 4.69) is 5.32 Å². The summed E-state index contributed by atoms with van der Waals surface area (Å²) in [6, 6.07) is 0.0312. The first-order valence-corrected chi connectivity index (χ1v) is 4.69. The smallest absolute Gasteiger partial charge is 0.139 e. The van der Waals surface area contributed by atoms with E-state index in [0.717, 1.165) is 19.4 Å². The van der Waals surface area contributed by atoms with E-state index in [1.807, 2.05) is 13.8 Å². The van der Waals surface area contributed by atoms with Crippen LogP contribution in [0.15, 0.2) is 0 Å². The summed E-state index contributed by atoms with van der Waals surface area (Å²) in [5, 5.41) is 3.13. The van der Waals surface area contributed by atoms with Crippen molar-refractivity contribution in [3.63, 3.8) is 0 Å². The molecule has 1 heterocycles. The zero-order chi connectivity index (χ0) is 8.97. The first-order valence-electron chi connectivity index (χ1n) is 4.69. The van der Waals surface area contributed by atoms with Crippen molar-refractivity contribution < 1.29 is 9.13 Å². The average molecular weight is 175 g/mol. The second-order valence-corrected chi connectivity index (χ2v) is 3.60. The normalized spacial score (nSPS) is 26.5. The van der Waals surface area contributed by atoms with Crippen LogP contribution in [0.3, 0.4) is 0 Å². The monoisotopic (exact) mass is 175 g/mol. The Labute approximate surface area is 73.5 Å². The third-order valence-electron chi connectivity index (χ3n) is 2.12. The molecular formula is C9H18FNO. The highest BCUT2D eigenvalue weighted by Gasteiger charge is 2.24. The fraction of sp³-hybridized carbons (Fsp3) is 1.00. The Morgan fingerprint density at radius 1 is 1.58 bits per heavy atom. The maximum absolute atomic E-state index is 13.3. The molecule has 1 N–H and O–H groups in total. The molecule has 3 heteroatoms. The molecule has 2 unspecified atom stereocenters. The standard InChI is InChI=1S/C9H18FNO/c1-7(2)12-6-8(10)9-4-3-5-11-9/h7-9,11H,3-6H2,1-2H3. The van der Waals surface area contributed by atoms with Gasteiger partial charge < -0.3 is 10.1 Å². The maximum Gasteiger partial charge on any atom is 0.139 e. The lowest BCUT2D eigenvalue weighted by molar-refractivity contribution is 0.0285. The summed E-state index contributed by atoms with van der Waals surface area (Å²) in [5.41, 5.74) is 0. The molecule has 12 heavy (non-hydrogen) atoms. The van der Waals surface area contributed by atoms with E-state index in [9.17, 15) is 4.39 Å². The lowest BCUT2D eigenvalue weighted by Gasteiger charge is -2.17. The minimum atomic E-state index is -0.838. The van der Waals surface area contributed by atoms with Gasteiger partial charge in [-0.05, 0) is 33.2 Å². The van der Waals surface area contributed by atoms with Gasteiger partial charge in [0.15, 0.2) is 0 Å². The number of ether oxygens (including phenoxy) is 1. The van der Waals surface area contributed by atoms with E-state index in [0.29, 0.717) is 0 Å². The van der Waals surface area contributed by atoms with Crippen LogP contribution in [-0.2, 0) is 4.74 Å². The SMILES string of the molecule is CC(C)OCC(F)C1CCCN1. The highest BCUT2D eigenvalue weighted by Crippen LogP contribution is 2.12. The molecule has 0 spiro atoms. The van der Waals surface area contributed by atoms with Gasteiger partial charge in [0.2, 0.25) is 0 Å². The lowest BCUT2D eigenvalue weighted by Crippen LogP contribution is -2.35. The Hall–Kier alpha value is -0.150. The fourth-order valence-electron chi connectivity index (χ4n) is 1.42. The molecule has 0 aromatic carbocycles. The van der Waals surface area contributed by atoms with Crippen molar-refractivity contribution in [3.8, 4) is 0 Å². The predicted molar refractivity (Wildman–Crippen MR) is 47.0 cm³/mol. The Morgan fingerprint density at radius 2 is 2.33 bits per heavy atom. The maximum atomic E-state index is 13.3. The molecule has 1 aliphatic rings. The van der Waals surface area contributed by atoms with Crippen LogP contribution in [0.25, 0.3) is 0 Å². The minimum Gasteiger partial charge on any atom is -0.376 e. The number of nitrogens with one attached hydrogen (secondary N) is 1. The Kier molecular flexibility index (Phi) is 3.95. The number of halogens is 1. The summed E-state index contributed by atoms with van der Waals surface area (Å²) in [6.45, 7) is 5.03. The van der Waals surface area contributed by atoms with Gasteiger partial charge in [0.25, 0.3) is 0 Å². The number of hydrogen-bond acceptors (Lipinski definition) is 2. The van der Waals surface area contributed by atoms with Crippen LogP contribution in [0.4, 0.5) is 4.39 Å². The van der Waals surface area contributed by atoms with Crippen LogP contribution >= 0.6 is 0 Å². The molecule has 2 nitrogen and oxygen atoms in total. The second kappa shape index (κ2) is 4.77. The summed E-state index contributed by atoms with van der Waals surface area (Å²) in [4.78, 5) is 0. The summed E-state index contributed by atoms with van der Waals surface area (Å²) < 4.78 is 18.5. The van der Waals surface area contributed by atoms with Crippen LogP contribution in [0.5, 0.6) is 0 Å². The van der Waals surface area contributed by atoms with Crippen LogP contribution in [0, 0.1) is 0 Å². The highest BCUT2D eigenvalue weighted by atomic mass is 19.1. The van der Waals surface area contributed by atoms with Gasteiger partial charge in [-0.25, -0.2) is 4.39 Å². The highest BCUT2D eigenvalue weighted by molar-refractivity contribution is 4.81. The van der Waals surface area contributed by atoms with Crippen molar-refractivity contribution in [2.24, 2.45) is 0 Å². The topological polar surface area (TPSA) is 21.3 Å². The largest absolute Gasteiger partial charge is 0.376 e. The Bertz CT molecular complexity index is 124. The first-order chi connectivity index (χ1) is 5.70. The molecular weight excluding hydrogens is 157 g/mol. The summed E-state index contributed by atoms with van der Waals surface area (Å²) in [6.07, 6.45) is 1.33. The van der Waals surface area contributed by atoms with Crippen molar-refractivity contribution in [1.29, 1.82) is 0 Å². The number of hydrogen-bond donors (Lipinski definition) is 1. The van der Waals surface area contributed by atoms with Gasteiger partial charge in [-0.3, -0.25) is 0 Å². The van der Waals surface area contributed by atoms with Gasteiger partial charge in [-0.2, -0.15) is 0 Å². The van der Waals surface area contributed by atoms with Gasteiger partial charge in [-0.15, -0.1) is 0 Å². The van der Waals surface area contributed by atoms with Crippen LogP contribution < -0.4 is 5.32 Å². The zero-order valence-electron chi connectivity index (χ0n) is 7.85. The van der Waals surface area contributed by atoms with Crippen LogP contribution in [0.1, 0.15) is 26.7 Å². The average Bonchev–Trinajstić information content (AvgIpc) is 2.51. The predicted octanol–water partition coefficient (Wildman–Crippen LogP) is 1.50. The first kappa shape index (κ1) is 9.93. The molecule has 0 aliphatic carbocycles. The van der Waals surface area contributed by atoms with E-state index in [-0.39, 0.29) is 18.8 Å². The van der Waals surface area contributed by atoms with Crippen molar-refractivity contribution in [3.05, 3.63) is 0 Å². The Morgan fingerprint density at radius 3 is 2.83 bits per heavy atom. The van der Waals surface area contributed by atoms with E-state index < -0.39 is 6.17 Å². The van der Waals surface area contributed by atoms with Crippen LogP contribution in [-0.4, -0.2) is 31.5 Å². The lowest BCUT2D eigenvalue weighted by atomic mass is 10.1. The Balaban J connectivity index is 2.13. The second-order valence-electron chi connectivity index (χ2n) is 3.60. The summed E-state index contributed by atoms with van der Waals surface area (Å²) in [5.74, 6) is 0. The molecule has 1 saturated heterocycles. The fourth-order valence-corrected chi connectivity index (χ4v) is 1.42. The van der Waals surface area contributed by atoms with Crippen molar-refractivity contribution in [1.82, 2.24) is 5.32 Å². The van der Waals surface area contributed by atoms with E-state index in [1.165, 1.54) is 0 Å². The summed E-state index contributed by atoms with van der Waals surface area (Å²) >= 11 is 0. The molecule has 0 radical (unpaired) electrons. The molecule has 0 aromatic rings. The van der Waals surface area contributed by atoms with Crippen LogP contribution in [0.2, 0.25) is 0 Å². The van der Waals surface area contributed by atoms with Gasteiger partial charge in [0.1, 0.15) is 6.17 Å². The third kappa shape index (κ3) is 3.07. The van der Waals surface area contributed by atoms with Gasteiger partial charge in [-0.1, -0.05) is 0 Å². The van der Waals surface area contributed by atoms with E-state index >= 15 is 0 Å². The molecule has 0 saturated carbocycles. The van der Waals surface area contributed by atoms with Gasteiger partial charge >= 0.3 is 0 Å². The van der Waals surface area contributed by atoms with E-state index in [1.54, 1.807) is 0 Å². The third-order valence-corrected chi connectivity index (χ3v) is 2.12. The quantitative estimate of drug-likeness (QED) is 0.699. The molecule has 2 atom stereocenters. The minimum absolute atomic E-state index is 0.0312. The van der Waals surface area contributed by atoms with Crippen molar-refractivity contribution in [2.45, 2.75) is 45.0 Å². The molecule has 72 valence electrons. The van der Waals surface area contributed by atoms with Gasteiger partial charge in [0.05, 0.1) is 12.7 Å². The number of rotatable bonds is 4. The van der Waals surface area contributed by atoms with E-state index in [4.69, 9.17) is 4.74 Å². The number of alkyl halides is 1. The van der Waals surface area contributed by atoms with Crippen molar-refractivity contribution >= 4 is 0 Å². The van der Waals surface area contributed by atoms with Gasteiger partial charge in [0, 0.05) is 6.04 Å². The molecule has 0 bridgehead atoms. The molecule has 1 rings (SSSR count).